The van der Waals surface area contributed by atoms with Crippen LogP contribution in [0.4, 0.5) is 4.39 Å². The number of aryl methyl sites for hydroxylation is 1. The van der Waals surface area contributed by atoms with Gasteiger partial charge in [-0.3, -0.25) is 4.79 Å². The van der Waals surface area contributed by atoms with Crippen molar-refractivity contribution in [3.8, 4) is 0 Å². The minimum atomic E-state index is -0.429. The van der Waals surface area contributed by atoms with Crippen molar-refractivity contribution in [2.45, 2.75) is 44.0 Å². The van der Waals surface area contributed by atoms with E-state index in [1.807, 2.05) is 0 Å². The second kappa shape index (κ2) is 5.91. The molecular weight excluding hydrogens is 265 g/mol. The fourth-order valence-corrected chi connectivity index (χ4v) is 3.10. The van der Waals surface area contributed by atoms with E-state index in [1.165, 1.54) is 6.07 Å². The molecule has 0 aromatic heterocycles. The molecule has 1 aliphatic carbocycles. The molecule has 1 aromatic carbocycles. The first-order valence-corrected chi connectivity index (χ1v) is 7.12. The highest BCUT2D eigenvalue weighted by Gasteiger charge is 2.30. The van der Waals surface area contributed by atoms with Crippen LogP contribution in [0.5, 0.6) is 0 Å². The Hall–Kier alpha value is -1.09. The van der Waals surface area contributed by atoms with Gasteiger partial charge in [-0.1, -0.05) is 25.0 Å². The number of rotatable bonds is 2. The number of carbonyl (C=O) groups is 1. The maximum Gasteiger partial charge on any atom is 0.256 e. The minimum absolute atomic E-state index is 0.00262. The first-order valence-electron chi connectivity index (χ1n) is 6.68. The molecule has 0 saturated heterocycles. The topological polar surface area (TPSA) is 20.3 Å². The molecule has 2 nitrogen and oxygen atoms in total. The maximum atomic E-state index is 14.0. The quantitative estimate of drug-likeness (QED) is 0.757. The summed E-state index contributed by atoms with van der Waals surface area (Å²) in [5.41, 5.74) is 0.627. The summed E-state index contributed by atoms with van der Waals surface area (Å²) in [5.74, 6) is -0.708. The van der Waals surface area contributed by atoms with Gasteiger partial charge in [-0.15, -0.1) is 11.6 Å². The van der Waals surface area contributed by atoms with E-state index in [9.17, 15) is 9.18 Å². The number of nitrogens with zero attached hydrogens (tertiary/aromatic N) is 1. The number of alkyl halides is 1. The third kappa shape index (κ3) is 2.92. The average Bonchev–Trinajstić information content (AvgIpc) is 2.41. The van der Waals surface area contributed by atoms with E-state index in [1.54, 1.807) is 31.0 Å². The zero-order valence-electron chi connectivity index (χ0n) is 11.3. The van der Waals surface area contributed by atoms with Gasteiger partial charge in [0.2, 0.25) is 0 Å². The normalized spacial score (nSPS) is 23.2. The summed E-state index contributed by atoms with van der Waals surface area (Å²) in [4.78, 5) is 14.0. The highest BCUT2D eigenvalue weighted by atomic mass is 35.5. The lowest BCUT2D eigenvalue weighted by molar-refractivity contribution is 0.0695. The third-order valence-corrected chi connectivity index (χ3v) is 4.40. The van der Waals surface area contributed by atoms with Gasteiger partial charge < -0.3 is 4.90 Å². The molecule has 4 heteroatoms. The molecule has 0 aliphatic heterocycles. The summed E-state index contributed by atoms with van der Waals surface area (Å²) in [6, 6.07) is 4.91. The highest BCUT2D eigenvalue weighted by molar-refractivity contribution is 6.21. The minimum Gasteiger partial charge on any atom is -0.337 e. The van der Waals surface area contributed by atoms with Crippen LogP contribution in [0.25, 0.3) is 0 Å². The van der Waals surface area contributed by atoms with Gasteiger partial charge in [-0.25, -0.2) is 4.39 Å². The van der Waals surface area contributed by atoms with E-state index in [0.717, 1.165) is 25.7 Å². The Labute approximate surface area is 118 Å². The third-order valence-electron chi connectivity index (χ3n) is 3.89. The van der Waals surface area contributed by atoms with E-state index in [2.05, 4.69) is 0 Å². The van der Waals surface area contributed by atoms with E-state index in [0.29, 0.717) is 5.56 Å². The smallest absolute Gasteiger partial charge is 0.256 e. The predicted molar refractivity (Wildman–Crippen MR) is 75.1 cm³/mol. The average molecular weight is 284 g/mol. The standard InChI is InChI=1S/C15H19ClFNO/c1-10-6-5-7-11(14(10)17)15(19)18(2)13-9-4-3-8-12(13)16/h5-7,12-13H,3-4,8-9H2,1-2H3. The van der Waals surface area contributed by atoms with Crippen molar-refractivity contribution >= 4 is 17.5 Å². The molecule has 0 spiro atoms. The summed E-state index contributed by atoms with van der Waals surface area (Å²) in [5, 5.41) is -0.0319. The van der Waals surface area contributed by atoms with E-state index in [4.69, 9.17) is 11.6 Å². The SMILES string of the molecule is Cc1cccc(C(=O)N(C)C2CCCCC2Cl)c1F. The largest absolute Gasteiger partial charge is 0.337 e. The van der Waals surface area contributed by atoms with Crippen LogP contribution in [0, 0.1) is 12.7 Å². The van der Waals surface area contributed by atoms with E-state index in [-0.39, 0.29) is 22.9 Å². The maximum absolute atomic E-state index is 14.0. The van der Waals surface area contributed by atoms with Crippen molar-refractivity contribution in [1.82, 2.24) is 4.90 Å². The van der Waals surface area contributed by atoms with Crippen LogP contribution in [0.3, 0.4) is 0 Å². The molecule has 0 bridgehead atoms. The molecule has 1 aliphatic rings. The van der Waals surface area contributed by atoms with Crippen molar-refractivity contribution in [1.29, 1.82) is 0 Å². The molecule has 2 unspecified atom stereocenters. The molecule has 104 valence electrons. The summed E-state index contributed by atoms with van der Waals surface area (Å²) in [6.07, 6.45) is 3.98. The molecule has 0 heterocycles. The zero-order chi connectivity index (χ0) is 14.0. The van der Waals surface area contributed by atoms with Gasteiger partial charge >= 0.3 is 0 Å². The fraction of sp³-hybridized carbons (Fsp3) is 0.533. The molecule has 0 radical (unpaired) electrons. The first-order chi connectivity index (χ1) is 9.02. The van der Waals surface area contributed by atoms with Gasteiger partial charge in [-0.05, 0) is 31.4 Å². The first kappa shape index (κ1) is 14.3. The van der Waals surface area contributed by atoms with Gasteiger partial charge in [0, 0.05) is 13.1 Å². The van der Waals surface area contributed by atoms with Crippen LogP contribution in [-0.2, 0) is 0 Å². The van der Waals surface area contributed by atoms with Crippen LogP contribution in [0.15, 0.2) is 18.2 Å². The Morgan fingerprint density at radius 3 is 2.74 bits per heavy atom. The molecule has 19 heavy (non-hydrogen) atoms. The highest BCUT2D eigenvalue weighted by Crippen LogP contribution is 2.28. The Bertz CT molecular complexity index is 477. The molecule has 2 atom stereocenters. The van der Waals surface area contributed by atoms with Crippen LogP contribution >= 0.6 is 11.6 Å². The second-order valence-corrected chi connectivity index (χ2v) is 5.78. The molecular formula is C15H19ClFNO. The van der Waals surface area contributed by atoms with Crippen LogP contribution in [0.1, 0.15) is 41.6 Å². The van der Waals surface area contributed by atoms with Gasteiger partial charge in [0.15, 0.2) is 0 Å². The molecule has 0 N–H and O–H groups in total. The predicted octanol–water partition coefficient (Wildman–Crippen LogP) is 3.76. The summed E-state index contributed by atoms with van der Waals surface area (Å²) < 4.78 is 14.0. The Morgan fingerprint density at radius 2 is 2.05 bits per heavy atom. The van der Waals surface area contributed by atoms with Crippen molar-refractivity contribution in [3.63, 3.8) is 0 Å². The van der Waals surface area contributed by atoms with Crippen LogP contribution in [0.2, 0.25) is 0 Å². The number of carbonyl (C=O) groups excluding carboxylic acids is 1. The molecule has 1 fully saturated rings. The van der Waals surface area contributed by atoms with Crippen molar-refractivity contribution < 1.29 is 9.18 Å². The molecule has 2 rings (SSSR count). The van der Waals surface area contributed by atoms with Gasteiger partial charge in [0.1, 0.15) is 5.82 Å². The monoisotopic (exact) mass is 283 g/mol. The molecule has 1 aromatic rings. The van der Waals surface area contributed by atoms with Gasteiger partial charge in [0.05, 0.1) is 10.9 Å². The van der Waals surface area contributed by atoms with Crippen LogP contribution < -0.4 is 0 Å². The Morgan fingerprint density at radius 1 is 1.37 bits per heavy atom. The molecule has 1 amide bonds. The zero-order valence-corrected chi connectivity index (χ0v) is 12.1. The Kier molecular flexibility index (Phi) is 4.46. The van der Waals surface area contributed by atoms with E-state index >= 15 is 0 Å². The summed E-state index contributed by atoms with van der Waals surface area (Å²) in [6.45, 7) is 1.66. The van der Waals surface area contributed by atoms with Crippen molar-refractivity contribution in [3.05, 3.63) is 35.1 Å². The number of benzene rings is 1. The number of hydrogen-bond acceptors (Lipinski definition) is 1. The number of amides is 1. The number of hydrogen-bond donors (Lipinski definition) is 0. The van der Waals surface area contributed by atoms with Crippen molar-refractivity contribution in [2.24, 2.45) is 0 Å². The lowest BCUT2D eigenvalue weighted by Gasteiger charge is -2.35. The lowest BCUT2D eigenvalue weighted by atomic mass is 9.93. The van der Waals surface area contributed by atoms with E-state index < -0.39 is 5.82 Å². The second-order valence-electron chi connectivity index (χ2n) is 5.22. The number of halogens is 2. The lowest BCUT2D eigenvalue weighted by Crippen LogP contribution is -2.44. The summed E-state index contributed by atoms with van der Waals surface area (Å²) >= 11 is 6.29. The van der Waals surface area contributed by atoms with Gasteiger partial charge in [0.25, 0.3) is 5.91 Å². The van der Waals surface area contributed by atoms with Gasteiger partial charge in [-0.2, -0.15) is 0 Å². The fourth-order valence-electron chi connectivity index (χ4n) is 2.66. The summed E-state index contributed by atoms with van der Waals surface area (Å²) in [7, 11) is 1.72. The van der Waals surface area contributed by atoms with Crippen molar-refractivity contribution in [2.75, 3.05) is 7.05 Å². The Balaban J connectivity index is 2.21. The molecule has 1 saturated carbocycles. The van der Waals surface area contributed by atoms with Crippen LogP contribution in [-0.4, -0.2) is 29.3 Å².